The molecule has 0 amide bonds. The molecule has 1 spiro atoms. The largest absolute Gasteiger partial charge is 0.467 e. The number of fused-ring (bicyclic) bond motifs is 1. The van der Waals surface area contributed by atoms with Crippen molar-refractivity contribution in [3.05, 3.63) is 35.9 Å². The highest BCUT2D eigenvalue weighted by Gasteiger charge is 2.63. The number of aliphatic hydroxyl groups excluding tert-OH is 1. The standard InChI is InChI=1S/C17H20O7/c1-20-15(19)13-11(18)12(21-9-10-5-3-2-4-6-10)14-16(22-13)24-17(23-14)7-8-17/h2-6,11-14,16,18H,7-9H2,1H3/t11-,12-,13-,14+,16+/m0/s1. The summed E-state index contributed by atoms with van der Waals surface area (Å²) >= 11 is 0. The Balaban J connectivity index is 1.52. The Morgan fingerprint density at radius 2 is 2.04 bits per heavy atom. The van der Waals surface area contributed by atoms with Crippen LogP contribution in [-0.4, -0.2) is 54.7 Å². The summed E-state index contributed by atoms with van der Waals surface area (Å²) in [6, 6.07) is 9.59. The van der Waals surface area contributed by atoms with Crippen LogP contribution in [0.25, 0.3) is 0 Å². The first-order valence-corrected chi connectivity index (χ1v) is 8.04. The van der Waals surface area contributed by atoms with Gasteiger partial charge in [-0.25, -0.2) is 4.79 Å². The molecule has 1 aromatic carbocycles. The summed E-state index contributed by atoms with van der Waals surface area (Å²) in [7, 11) is 1.25. The van der Waals surface area contributed by atoms with Gasteiger partial charge in [0.15, 0.2) is 18.2 Å². The second-order valence-corrected chi connectivity index (χ2v) is 6.31. The van der Waals surface area contributed by atoms with Gasteiger partial charge in [-0.15, -0.1) is 0 Å². The van der Waals surface area contributed by atoms with Gasteiger partial charge in [-0.1, -0.05) is 30.3 Å². The van der Waals surface area contributed by atoms with Gasteiger partial charge in [0.25, 0.3) is 0 Å². The Morgan fingerprint density at radius 1 is 1.29 bits per heavy atom. The van der Waals surface area contributed by atoms with Gasteiger partial charge in [-0.05, 0) is 5.56 Å². The van der Waals surface area contributed by atoms with Crippen LogP contribution in [0.3, 0.4) is 0 Å². The minimum absolute atomic E-state index is 0.288. The molecule has 24 heavy (non-hydrogen) atoms. The molecule has 0 radical (unpaired) electrons. The topological polar surface area (TPSA) is 83.5 Å². The van der Waals surface area contributed by atoms with E-state index < -0.39 is 42.5 Å². The van der Waals surface area contributed by atoms with Crippen LogP contribution in [0, 0.1) is 0 Å². The normalized spacial score (nSPS) is 36.3. The van der Waals surface area contributed by atoms with E-state index in [1.807, 2.05) is 30.3 Å². The zero-order valence-corrected chi connectivity index (χ0v) is 13.3. The SMILES string of the molecule is COC(=O)[C@H]1O[C@@H]2OC3(CC3)O[C@@H]2[C@@H](OCc2ccccc2)[C@@H]1O. The van der Waals surface area contributed by atoms with E-state index in [4.69, 9.17) is 23.7 Å². The Labute approximate surface area is 139 Å². The number of esters is 1. The van der Waals surface area contributed by atoms with Crippen molar-refractivity contribution < 1.29 is 33.6 Å². The molecule has 3 fully saturated rings. The molecule has 4 rings (SSSR count). The van der Waals surface area contributed by atoms with Crippen molar-refractivity contribution in [3.8, 4) is 0 Å². The van der Waals surface area contributed by atoms with Gasteiger partial charge in [0.1, 0.15) is 18.3 Å². The zero-order chi connectivity index (χ0) is 16.7. The van der Waals surface area contributed by atoms with Gasteiger partial charge in [-0.2, -0.15) is 0 Å². The molecule has 1 saturated carbocycles. The van der Waals surface area contributed by atoms with Crippen LogP contribution in [-0.2, 0) is 35.1 Å². The van der Waals surface area contributed by atoms with E-state index in [2.05, 4.69) is 0 Å². The predicted molar refractivity (Wildman–Crippen MR) is 79.6 cm³/mol. The third kappa shape index (κ3) is 2.82. The molecule has 0 bridgehead atoms. The van der Waals surface area contributed by atoms with Crippen molar-refractivity contribution in [1.29, 1.82) is 0 Å². The summed E-state index contributed by atoms with van der Waals surface area (Å²) in [4.78, 5) is 11.9. The second-order valence-electron chi connectivity index (χ2n) is 6.31. The lowest BCUT2D eigenvalue weighted by Crippen LogP contribution is -2.59. The molecule has 0 unspecified atom stereocenters. The van der Waals surface area contributed by atoms with Gasteiger partial charge < -0.3 is 28.8 Å². The van der Waals surface area contributed by atoms with E-state index in [1.165, 1.54) is 7.11 Å². The lowest BCUT2D eigenvalue weighted by atomic mass is 9.98. The summed E-state index contributed by atoms with van der Waals surface area (Å²) in [5, 5.41) is 10.6. The molecular weight excluding hydrogens is 316 g/mol. The maximum atomic E-state index is 11.9. The molecule has 1 N–H and O–H groups in total. The van der Waals surface area contributed by atoms with Crippen LogP contribution in [0.4, 0.5) is 0 Å². The fraction of sp³-hybridized carbons (Fsp3) is 0.588. The van der Waals surface area contributed by atoms with E-state index in [1.54, 1.807) is 0 Å². The number of carbonyl (C=O) groups excluding carboxylic acids is 1. The molecule has 130 valence electrons. The third-order valence-electron chi connectivity index (χ3n) is 4.58. The van der Waals surface area contributed by atoms with Crippen LogP contribution in [0.15, 0.2) is 30.3 Å². The molecule has 1 aliphatic carbocycles. The second kappa shape index (κ2) is 6.09. The summed E-state index contributed by atoms with van der Waals surface area (Å²) in [5.74, 6) is -1.30. The van der Waals surface area contributed by atoms with E-state index in [0.29, 0.717) is 0 Å². The Morgan fingerprint density at radius 3 is 2.71 bits per heavy atom. The molecule has 7 nitrogen and oxygen atoms in total. The summed E-state index contributed by atoms with van der Waals surface area (Å²) in [6.07, 6.45) is -2.88. The lowest BCUT2D eigenvalue weighted by Gasteiger charge is -2.38. The Hall–Kier alpha value is -1.51. The maximum Gasteiger partial charge on any atom is 0.337 e. The molecule has 2 aliphatic heterocycles. The van der Waals surface area contributed by atoms with Crippen LogP contribution in [0.2, 0.25) is 0 Å². The highest BCUT2D eigenvalue weighted by atomic mass is 16.8. The van der Waals surface area contributed by atoms with Gasteiger partial charge in [-0.3, -0.25) is 0 Å². The molecular formula is C17H20O7. The van der Waals surface area contributed by atoms with E-state index in [0.717, 1.165) is 18.4 Å². The predicted octanol–water partition coefficient (Wildman–Crippen LogP) is 0.736. The van der Waals surface area contributed by atoms with Crippen molar-refractivity contribution in [2.75, 3.05) is 7.11 Å². The van der Waals surface area contributed by atoms with E-state index >= 15 is 0 Å². The Bertz CT molecular complexity index is 600. The summed E-state index contributed by atoms with van der Waals surface area (Å²) in [5.41, 5.74) is 0.961. The molecule has 3 aliphatic rings. The van der Waals surface area contributed by atoms with Crippen LogP contribution in [0.5, 0.6) is 0 Å². The number of methoxy groups -OCH3 is 1. The number of ether oxygens (including phenoxy) is 5. The number of rotatable bonds is 4. The van der Waals surface area contributed by atoms with Gasteiger partial charge in [0.05, 0.1) is 13.7 Å². The monoisotopic (exact) mass is 336 g/mol. The van der Waals surface area contributed by atoms with Crippen molar-refractivity contribution in [1.82, 2.24) is 0 Å². The first-order valence-electron chi connectivity index (χ1n) is 8.04. The fourth-order valence-corrected chi connectivity index (χ4v) is 3.14. The van der Waals surface area contributed by atoms with Crippen molar-refractivity contribution >= 4 is 5.97 Å². The van der Waals surface area contributed by atoms with Crippen LogP contribution >= 0.6 is 0 Å². The quantitative estimate of drug-likeness (QED) is 0.812. The highest BCUT2D eigenvalue weighted by Crippen LogP contribution is 2.51. The highest BCUT2D eigenvalue weighted by molar-refractivity contribution is 5.75. The first-order chi connectivity index (χ1) is 11.6. The first kappa shape index (κ1) is 16.0. The smallest absolute Gasteiger partial charge is 0.337 e. The maximum absolute atomic E-state index is 11.9. The molecule has 7 heteroatoms. The number of hydrogen-bond donors (Lipinski definition) is 1. The summed E-state index contributed by atoms with van der Waals surface area (Å²) < 4.78 is 27.9. The lowest BCUT2D eigenvalue weighted by molar-refractivity contribution is -0.259. The average Bonchev–Trinajstić information content (AvgIpc) is 3.25. The zero-order valence-electron chi connectivity index (χ0n) is 13.3. The molecule has 2 saturated heterocycles. The summed E-state index contributed by atoms with van der Waals surface area (Å²) in [6.45, 7) is 0.288. The van der Waals surface area contributed by atoms with E-state index in [9.17, 15) is 9.90 Å². The molecule has 1 aromatic rings. The molecule has 0 aromatic heterocycles. The number of benzene rings is 1. The van der Waals surface area contributed by atoms with Crippen molar-refractivity contribution in [2.24, 2.45) is 0 Å². The van der Waals surface area contributed by atoms with E-state index in [-0.39, 0.29) is 6.61 Å². The minimum Gasteiger partial charge on any atom is -0.467 e. The van der Waals surface area contributed by atoms with Gasteiger partial charge >= 0.3 is 5.97 Å². The number of aliphatic hydroxyl groups is 1. The molecule has 5 atom stereocenters. The number of hydrogen-bond acceptors (Lipinski definition) is 7. The Kier molecular flexibility index (Phi) is 4.06. The van der Waals surface area contributed by atoms with Crippen molar-refractivity contribution in [3.63, 3.8) is 0 Å². The number of carbonyl (C=O) groups is 1. The third-order valence-corrected chi connectivity index (χ3v) is 4.58. The van der Waals surface area contributed by atoms with Gasteiger partial charge in [0, 0.05) is 12.8 Å². The van der Waals surface area contributed by atoms with Crippen LogP contribution < -0.4 is 0 Å². The average molecular weight is 336 g/mol. The van der Waals surface area contributed by atoms with Crippen molar-refractivity contribution in [2.45, 2.75) is 55.9 Å². The van der Waals surface area contributed by atoms with Crippen LogP contribution in [0.1, 0.15) is 18.4 Å². The fourth-order valence-electron chi connectivity index (χ4n) is 3.14. The van der Waals surface area contributed by atoms with Gasteiger partial charge in [0.2, 0.25) is 0 Å². The minimum atomic E-state index is -1.19. The molecule has 2 heterocycles.